The molecule has 0 saturated heterocycles. The van der Waals surface area contributed by atoms with Crippen LogP contribution in [0.5, 0.6) is 0 Å². The molecule has 2 aromatic rings. The number of aromatic carboxylic acids is 1. The molecule has 5 nitrogen and oxygen atoms in total. The van der Waals surface area contributed by atoms with E-state index in [1.807, 2.05) is 0 Å². The molecule has 0 aliphatic heterocycles. The molecular formula is C13H8ClFN2O3. The van der Waals surface area contributed by atoms with Gasteiger partial charge in [-0.3, -0.25) is 4.79 Å². The Morgan fingerprint density at radius 1 is 1.25 bits per heavy atom. The highest BCUT2D eigenvalue weighted by molar-refractivity contribution is 6.31. The Balaban J connectivity index is 2.35. The molecular weight excluding hydrogens is 287 g/mol. The van der Waals surface area contributed by atoms with Crippen molar-refractivity contribution in [1.82, 2.24) is 4.98 Å². The van der Waals surface area contributed by atoms with E-state index >= 15 is 0 Å². The number of benzene rings is 1. The van der Waals surface area contributed by atoms with Gasteiger partial charge in [-0.1, -0.05) is 11.6 Å². The van der Waals surface area contributed by atoms with Crippen molar-refractivity contribution in [3.05, 3.63) is 58.6 Å². The second kappa shape index (κ2) is 5.66. The van der Waals surface area contributed by atoms with Crippen molar-refractivity contribution in [2.45, 2.75) is 0 Å². The highest BCUT2D eigenvalue weighted by Crippen LogP contribution is 2.22. The maximum atomic E-state index is 13.4. The van der Waals surface area contributed by atoms with Crippen LogP contribution in [0.2, 0.25) is 5.02 Å². The Hall–Kier alpha value is -2.47. The third kappa shape index (κ3) is 2.92. The molecule has 1 aromatic carbocycles. The minimum atomic E-state index is -1.23. The minimum absolute atomic E-state index is 0.0155. The number of hydrogen-bond donors (Lipinski definition) is 2. The van der Waals surface area contributed by atoms with E-state index in [4.69, 9.17) is 16.7 Å². The smallest absolute Gasteiger partial charge is 0.337 e. The van der Waals surface area contributed by atoms with Crippen molar-refractivity contribution in [1.29, 1.82) is 0 Å². The molecule has 0 spiro atoms. The Kier molecular flexibility index (Phi) is 3.95. The van der Waals surface area contributed by atoms with Crippen LogP contribution in [0.4, 0.5) is 10.1 Å². The van der Waals surface area contributed by atoms with Crippen molar-refractivity contribution in [3.63, 3.8) is 0 Å². The zero-order chi connectivity index (χ0) is 14.7. The van der Waals surface area contributed by atoms with Crippen molar-refractivity contribution in [2.24, 2.45) is 0 Å². The van der Waals surface area contributed by atoms with Crippen molar-refractivity contribution in [2.75, 3.05) is 5.32 Å². The summed E-state index contributed by atoms with van der Waals surface area (Å²) in [6.45, 7) is 0. The van der Waals surface area contributed by atoms with E-state index < -0.39 is 17.8 Å². The van der Waals surface area contributed by atoms with E-state index in [9.17, 15) is 14.0 Å². The first-order valence-electron chi connectivity index (χ1n) is 5.44. The summed E-state index contributed by atoms with van der Waals surface area (Å²) in [7, 11) is 0. The number of rotatable bonds is 3. The van der Waals surface area contributed by atoms with Crippen LogP contribution in [0.1, 0.15) is 20.7 Å². The number of pyridine rings is 1. The molecule has 7 heteroatoms. The van der Waals surface area contributed by atoms with Crippen LogP contribution >= 0.6 is 11.6 Å². The van der Waals surface area contributed by atoms with E-state index in [1.54, 1.807) is 0 Å². The predicted octanol–water partition coefficient (Wildman–Crippen LogP) is 2.82. The first-order chi connectivity index (χ1) is 9.49. The maximum Gasteiger partial charge on any atom is 0.337 e. The van der Waals surface area contributed by atoms with E-state index in [2.05, 4.69) is 10.3 Å². The molecule has 0 aliphatic carbocycles. The highest BCUT2D eigenvalue weighted by Gasteiger charge is 2.16. The molecule has 2 N–H and O–H groups in total. The average Bonchev–Trinajstić information content (AvgIpc) is 2.38. The number of halogens is 2. The van der Waals surface area contributed by atoms with Gasteiger partial charge in [0.25, 0.3) is 5.91 Å². The number of aromatic nitrogens is 1. The number of nitrogens with zero attached hydrogens (tertiary/aromatic N) is 1. The summed E-state index contributed by atoms with van der Waals surface area (Å²) in [5, 5.41) is 11.6. The van der Waals surface area contributed by atoms with Crippen LogP contribution in [0.25, 0.3) is 0 Å². The Bertz CT molecular complexity index is 691. The van der Waals surface area contributed by atoms with Crippen molar-refractivity contribution >= 4 is 29.2 Å². The third-order valence-corrected chi connectivity index (χ3v) is 2.70. The number of carbonyl (C=O) groups is 2. The number of anilines is 1. The predicted molar refractivity (Wildman–Crippen MR) is 70.6 cm³/mol. The van der Waals surface area contributed by atoms with Gasteiger partial charge in [0.2, 0.25) is 5.95 Å². The van der Waals surface area contributed by atoms with E-state index in [0.29, 0.717) is 0 Å². The Labute approximate surface area is 118 Å². The maximum absolute atomic E-state index is 13.4. The molecule has 102 valence electrons. The number of carboxylic acid groups (broad SMARTS) is 1. The largest absolute Gasteiger partial charge is 0.478 e. The van der Waals surface area contributed by atoms with Gasteiger partial charge in [0.15, 0.2) is 0 Å². The topological polar surface area (TPSA) is 79.3 Å². The van der Waals surface area contributed by atoms with Gasteiger partial charge < -0.3 is 10.4 Å². The van der Waals surface area contributed by atoms with Gasteiger partial charge in [0.1, 0.15) is 0 Å². The molecule has 20 heavy (non-hydrogen) atoms. The fourth-order valence-corrected chi connectivity index (χ4v) is 1.72. The summed E-state index contributed by atoms with van der Waals surface area (Å²) >= 11 is 5.75. The fourth-order valence-electron chi connectivity index (χ4n) is 1.55. The molecule has 1 aromatic heterocycles. The highest BCUT2D eigenvalue weighted by atomic mass is 35.5. The molecule has 0 bridgehead atoms. The molecule has 0 saturated carbocycles. The Morgan fingerprint density at radius 3 is 2.65 bits per heavy atom. The lowest BCUT2D eigenvalue weighted by atomic mass is 10.1. The summed E-state index contributed by atoms with van der Waals surface area (Å²) in [6, 6.07) is 6.54. The second-order valence-electron chi connectivity index (χ2n) is 3.79. The summed E-state index contributed by atoms with van der Waals surface area (Å²) < 4.78 is 13.4. The number of carbonyl (C=O) groups excluding carboxylic acids is 1. The van der Waals surface area contributed by atoms with Gasteiger partial charge in [0.05, 0.1) is 16.8 Å². The van der Waals surface area contributed by atoms with Gasteiger partial charge in [-0.2, -0.15) is 4.39 Å². The first kappa shape index (κ1) is 14.0. The van der Waals surface area contributed by atoms with Gasteiger partial charge in [-0.25, -0.2) is 9.78 Å². The van der Waals surface area contributed by atoms with Gasteiger partial charge in [-0.15, -0.1) is 0 Å². The standard InChI is InChI=1S/C13H8ClFN2O3/c14-7-3-4-8(13(19)20)10(6-7)17-12(18)9-2-1-5-16-11(9)15/h1-6H,(H,17,18)(H,19,20). The SMILES string of the molecule is O=C(O)c1ccc(Cl)cc1NC(=O)c1cccnc1F. The summed E-state index contributed by atoms with van der Waals surface area (Å²) in [6.07, 6.45) is 1.20. The third-order valence-electron chi connectivity index (χ3n) is 2.46. The quantitative estimate of drug-likeness (QED) is 0.853. The summed E-state index contributed by atoms with van der Waals surface area (Å²) in [4.78, 5) is 26.3. The molecule has 1 amide bonds. The van der Waals surface area contributed by atoms with E-state index in [-0.39, 0.29) is 21.8 Å². The molecule has 1 heterocycles. The number of amides is 1. The van der Waals surface area contributed by atoms with Gasteiger partial charge >= 0.3 is 5.97 Å². The lowest BCUT2D eigenvalue weighted by Crippen LogP contribution is -2.16. The second-order valence-corrected chi connectivity index (χ2v) is 4.23. The van der Waals surface area contributed by atoms with Crippen molar-refractivity contribution < 1.29 is 19.1 Å². The monoisotopic (exact) mass is 294 g/mol. The van der Waals surface area contributed by atoms with Crippen LogP contribution in [0.3, 0.4) is 0 Å². The summed E-state index contributed by atoms with van der Waals surface area (Å²) in [5.41, 5.74) is -0.450. The molecule has 0 unspecified atom stereocenters. The fraction of sp³-hybridized carbons (Fsp3) is 0. The van der Waals surface area contributed by atoms with Crippen molar-refractivity contribution in [3.8, 4) is 0 Å². The molecule has 0 fully saturated rings. The van der Waals surface area contributed by atoms with Gasteiger partial charge in [0, 0.05) is 11.2 Å². The van der Waals surface area contributed by atoms with Crippen LogP contribution < -0.4 is 5.32 Å². The zero-order valence-electron chi connectivity index (χ0n) is 9.93. The number of nitrogens with one attached hydrogen (secondary N) is 1. The van der Waals surface area contributed by atoms with E-state index in [1.165, 1.54) is 36.5 Å². The molecule has 2 rings (SSSR count). The van der Waals surface area contributed by atoms with Crippen LogP contribution in [0, 0.1) is 5.95 Å². The molecule has 0 radical (unpaired) electrons. The summed E-state index contributed by atoms with van der Waals surface area (Å²) in [5.74, 6) is -2.98. The minimum Gasteiger partial charge on any atom is -0.478 e. The first-order valence-corrected chi connectivity index (χ1v) is 5.81. The lowest BCUT2D eigenvalue weighted by molar-refractivity contribution is 0.0698. The average molecular weight is 295 g/mol. The van der Waals surface area contributed by atoms with Crippen LogP contribution in [-0.2, 0) is 0 Å². The number of hydrogen-bond acceptors (Lipinski definition) is 3. The van der Waals surface area contributed by atoms with Gasteiger partial charge in [-0.05, 0) is 30.3 Å². The molecule has 0 aliphatic rings. The number of carboxylic acids is 1. The van der Waals surface area contributed by atoms with E-state index in [0.717, 1.165) is 0 Å². The lowest BCUT2D eigenvalue weighted by Gasteiger charge is -2.09. The Morgan fingerprint density at radius 2 is 2.00 bits per heavy atom. The zero-order valence-corrected chi connectivity index (χ0v) is 10.7. The van der Waals surface area contributed by atoms with Crippen LogP contribution in [-0.4, -0.2) is 22.0 Å². The normalized spacial score (nSPS) is 10.1. The van der Waals surface area contributed by atoms with Crippen LogP contribution in [0.15, 0.2) is 36.5 Å². The molecule has 0 atom stereocenters.